The number of aryl methyl sites for hydroxylation is 1. The molecule has 0 fully saturated rings. The third-order valence-corrected chi connectivity index (χ3v) is 2.32. The van der Waals surface area contributed by atoms with Crippen LogP contribution in [0.4, 0.5) is 5.69 Å². The third kappa shape index (κ3) is 1.94. The number of benzene rings is 1. The van der Waals surface area contributed by atoms with Crippen molar-refractivity contribution in [1.29, 1.82) is 0 Å². The fourth-order valence-electron chi connectivity index (χ4n) is 1.77. The smallest absolute Gasteiger partial charge is 0.131 e. The highest BCUT2D eigenvalue weighted by molar-refractivity contribution is 5.95. The van der Waals surface area contributed by atoms with E-state index in [1.54, 1.807) is 0 Å². The summed E-state index contributed by atoms with van der Waals surface area (Å²) < 4.78 is 5.73. The lowest BCUT2D eigenvalue weighted by Crippen LogP contribution is -2.06. The molecule has 2 aromatic rings. The molecular weight excluding hydrogens is 200 g/mol. The maximum atomic E-state index is 6.01. The van der Waals surface area contributed by atoms with E-state index in [4.69, 9.17) is 10.5 Å². The van der Waals surface area contributed by atoms with Gasteiger partial charge in [-0.3, -0.25) is 4.98 Å². The fraction of sp³-hybridized carbons (Fsp3) is 0.308. The number of hydrogen-bond donors (Lipinski definition) is 1. The number of nitrogen functional groups attached to an aromatic ring is 1. The van der Waals surface area contributed by atoms with Crippen molar-refractivity contribution in [3.63, 3.8) is 0 Å². The van der Waals surface area contributed by atoms with Crippen LogP contribution in [-0.4, -0.2) is 11.1 Å². The van der Waals surface area contributed by atoms with Crippen LogP contribution in [0.1, 0.15) is 19.5 Å². The van der Waals surface area contributed by atoms with Crippen molar-refractivity contribution < 1.29 is 4.74 Å². The third-order valence-electron chi connectivity index (χ3n) is 2.32. The van der Waals surface area contributed by atoms with Gasteiger partial charge in [0.25, 0.3) is 0 Å². The average Bonchev–Trinajstić information content (AvgIpc) is 2.15. The van der Waals surface area contributed by atoms with Gasteiger partial charge in [0.1, 0.15) is 5.75 Å². The minimum Gasteiger partial charge on any atom is -0.490 e. The van der Waals surface area contributed by atoms with Crippen LogP contribution >= 0.6 is 0 Å². The number of anilines is 1. The molecule has 0 aliphatic carbocycles. The van der Waals surface area contributed by atoms with Gasteiger partial charge in [0.15, 0.2) is 0 Å². The second-order valence-corrected chi connectivity index (χ2v) is 4.17. The van der Waals surface area contributed by atoms with Gasteiger partial charge in [-0.15, -0.1) is 0 Å². The van der Waals surface area contributed by atoms with Crippen LogP contribution in [0.5, 0.6) is 5.75 Å². The molecule has 1 aromatic heterocycles. The van der Waals surface area contributed by atoms with Crippen molar-refractivity contribution in [2.24, 2.45) is 0 Å². The second-order valence-electron chi connectivity index (χ2n) is 4.17. The Morgan fingerprint density at radius 3 is 2.75 bits per heavy atom. The van der Waals surface area contributed by atoms with Crippen molar-refractivity contribution in [3.05, 3.63) is 30.0 Å². The van der Waals surface area contributed by atoms with Crippen molar-refractivity contribution >= 4 is 16.6 Å². The summed E-state index contributed by atoms with van der Waals surface area (Å²) in [6.45, 7) is 5.93. The monoisotopic (exact) mass is 216 g/mol. The maximum absolute atomic E-state index is 6.01. The molecule has 0 amide bonds. The first-order valence-electron chi connectivity index (χ1n) is 5.40. The molecule has 0 saturated heterocycles. The molecule has 0 unspecified atom stereocenters. The first-order valence-corrected chi connectivity index (χ1v) is 5.40. The minimum atomic E-state index is 0.131. The van der Waals surface area contributed by atoms with E-state index in [2.05, 4.69) is 4.98 Å². The molecule has 16 heavy (non-hydrogen) atoms. The highest BCUT2D eigenvalue weighted by atomic mass is 16.5. The highest BCUT2D eigenvalue weighted by Crippen LogP contribution is 2.30. The van der Waals surface area contributed by atoms with Gasteiger partial charge in [0.2, 0.25) is 0 Å². The van der Waals surface area contributed by atoms with Crippen LogP contribution in [0.25, 0.3) is 10.9 Å². The molecule has 0 bridgehead atoms. The zero-order chi connectivity index (χ0) is 11.7. The Kier molecular flexibility index (Phi) is 2.69. The Morgan fingerprint density at radius 1 is 1.31 bits per heavy atom. The van der Waals surface area contributed by atoms with Crippen molar-refractivity contribution in [1.82, 2.24) is 4.98 Å². The number of ether oxygens (including phenoxy) is 1. The number of rotatable bonds is 2. The van der Waals surface area contributed by atoms with Gasteiger partial charge in [-0.1, -0.05) is 6.07 Å². The lowest BCUT2D eigenvalue weighted by Gasteiger charge is -2.13. The zero-order valence-electron chi connectivity index (χ0n) is 9.82. The van der Waals surface area contributed by atoms with E-state index in [1.165, 1.54) is 0 Å². The van der Waals surface area contributed by atoms with E-state index in [1.807, 2.05) is 45.0 Å². The first kappa shape index (κ1) is 10.7. The Labute approximate surface area is 95.2 Å². The first-order chi connectivity index (χ1) is 7.58. The Balaban J connectivity index is 2.66. The lowest BCUT2D eigenvalue weighted by molar-refractivity contribution is 0.245. The summed E-state index contributed by atoms with van der Waals surface area (Å²) in [5.41, 5.74) is 8.54. The van der Waals surface area contributed by atoms with Crippen molar-refractivity contribution in [3.8, 4) is 5.75 Å². The molecule has 0 aliphatic heterocycles. The molecule has 0 atom stereocenters. The van der Waals surface area contributed by atoms with Crippen LogP contribution in [0, 0.1) is 6.92 Å². The largest absolute Gasteiger partial charge is 0.490 e. The summed E-state index contributed by atoms with van der Waals surface area (Å²) in [4.78, 5) is 4.44. The zero-order valence-corrected chi connectivity index (χ0v) is 9.82. The topological polar surface area (TPSA) is 48.1 Å². The molecule has 2 rings (SSSR count). The number of fused-ring (bicyclic) bond motifs is 1. The van der Waals surface area contributed by atoms with E-state index < -0.39 is 0 Å². The molecule has 1 aromatic carbocycles. The summed E-state index contributed by atoms with van der Waals surface area (Å²) in [6.07, 6.45) is 0.131. The molecule has 0 spiro atoms. The predicted molar refractivity (Wildman–Crippen MR) is 66.7 cm³/mol. The van der Waals surface area contributed by atoms with Crippen LogP contribution in [0.15, 0.2) is 24.3 Å². The predicted octanol–water partition coefficient (Wildman–Crippen LogP) is 2.91. The van der Waals surface area contributed by atoms with E-state index in [0.29, 0.717) is 0 Å². The summed E-state index contributed by atoms with van der Waals surface area (Å²) in [7, 11) is 0. The van der Waals surface area contributed by atoms with Crippen LogP contribution in [0.3, 0.4) is 0 Å². The highest BCUT2D eigenvalue weighted by Gasteiger charge is 2.08. The van der Waals surface area contributed by atoms with Gasteiger partial charge in [-0.25, -0.2) is 0 Å². The van der Waals surface area contributed by atoms with Crippen molar-refractivity contribution in [2.75, 3.05) is 5.73 Å². The molecular formula is C13H16N2O. The van der Waals surface area contributed by atoms with Gasteiger partial charge in [0, 0.05) is 11.4 Å². The molecule has 1 heterocycles. The fourth-order valence-corrected chi connectivity index (χ4v) is 1.77. The van der Waals surface area contributed by atoms with Gasteiger partial charge in [0.05, 0.1) is 17.0 Å². The van der Waals surface area contributed by atoms with Gasteiger partial charge in [-0.2, -0.15) is 0 Å². The van der Waals surface area contributed by atoms with Crippen LogP contribution in [-0.2, 0) is 0 Å². The quantitative estimate of drug-likeness (QED) is 0.839. The molecule has 2 N–H and O–H groups in total. The maximum Gasteiger partial charge on any atom is 0.131 e. The number of nitrogens with two attached hydrogens (primary N) is 1. The molecule has 3 heteroatoms. The Morgan fingerprint density at radius 2 is 2.06 bits per heavy atom. The number of pyridine rings is 1. The number of aromatic nitrogens is 1. The summed E-state index contributed by atoms with van der Waals surface area (Å²) in [6, 6.07) is 7.68. The van der Waals surface area contributed by atoms with Crippen LogP contribution in [0.2, 0.25) is 0 Å². The summed E-state index contributed by atoms with van der Waals surface area (Å²) in [5.74, 6) is 0.803. The van der Waals surface area contributed by atoms with Crippen molar-refractivity contribution in [2.45, 2.75) is 26.9 Å². The number of hydrogen-bond acceptors (Lipinski definition) is 3. The van der Waals surface area contributed by atoms with Crippen LogP contribution < -0.4 is 10.5 Å². The SMILES string of the molecule is Cc1cc(N)c2c(OC(C)C)cccc2n1. The molecule has 0 radical (unpaired) electrons. The Hall–Kier alpha value is -1.77. The van der Waals surface area contributed by atoms with Gasteiger partial charge in [-0.05, 0) is 39.0 Å². The average molecular weight is 216 g/mol. The number of nitrogens with zero attached hydrogens (tertiary/aromatic N) is 1. The van der Waals surface area contributed by atoms with E-state index in [9.17, 15) is 0 Å². The standard InChI is InChI=1S/C13H16N2O/c1-8(2)16-12-6-4-5-11-13(12)10(14)7-9(3)15-11/h4-8H,1-3H3,(H2,14,15). The molecule has 84 valence electrons. The minimum absolute atomic E-state index is 0.131. The van der Waals surface area contributed by atoms with E-state index in [0.717, 1.165) is 28.0 Å². The summed E-state index contributed by atoms with van der Waals surface area (Å²) >= 11 is 0. The van der Waals surface area contributed by atoms with E-state index >= 15 is 0 Å². The summed E-state index contributed by atoms with van der Waals surface area (Å²) in [5, 5.41) is 0.904. The van der Waals surface area contributed by atoms with E-state index in [-0.39, 0.29) is 6.10 Å². The lowest BCUT2D eigenvalue weighted by atomic mass is 10.1. The molecule has 0 aliphatic rings. The van der Waals surface area contributed by atoms with Gasteiger partial charge >= 0.3 is 0 Å². The molecule has 3 nitrogen and oxygen atoms in total. The van der Waals surface area contributed by atoms with Gasteiger partial charge < -0.3 is 10.5 Å². The second kappa shape index (κ2) is 4.00. The normalized spacial score (nSPS) is 11.0. The Bertz CT molecular complexity index is 521. The molecule has 0 saturated carbocycles.